The van der Waals surface area contributed by atoms with Crippen molar-refractivity contribution in [2.75, 3.05) is 7.05 Å². The number of nitrogens with one attached hydrogen (secondary N) is 2. The van der Waals surface area contributed by atoms with Crippen molar-refractivity contribution < 1.29 is 9.59 Å². The summed E-state index contributed by atoms with van der Waals surface area (Å²) in [5.74, 6) is -0.421. The molecule has 1 aliphatic rings. The fourth-order valence-electron chi connectivity index (χ4n) is 3.28. The van der Waals surface area contributed by atoms with E-state index >= 15 is 0 Å². The molecule has 0 aliphatic heterocycles. The number of nitrogens with zero attached hydrogens (tertiary/aromatic N) is 2. The summed E-state index contributed by atoms with van der Waals surface area (Å²) in [6.07, 6.45) is 8.38. The molecule has 25 heavy (non-hydrogen) atoms. The van der Waals surface area contributed by atoms with Crippen LogP contribution in [0.1, 0.15) is 56.7 Å². The van der Waals surface area contributed by atoms with Crippen LogP contribution >= 0.6 is 11.6 Å². The molecular formula is C18H27ClN4O2. The lowest BCUT2D eigenvalue weighted by Crippen LogP contribution is -2.56. The second kappa shape index (κ2) is 8.52. The number of likely N-dealkylation sites (N-methyl/N-ethyl adjacent to an activating group) is 1. The van der Waals surface area contributed by atoms with Gasteiger partial charge in [0.1, 0.15) is 10.7 Å². The van der Waals surface area contributed by atoms with Gasteiger partial charge in [0.25, 0.3) is 0 Å². The summed E-state index contributed by atoms with van der Waals surface area (Å²) in [5, 5.41) is 10.5. The van der Waals surface area contributed by atoms with Gasteiger partial charge in [0.15, 0.2) is 0 Å². The molecule has 2 rings (SSSR count). The molecule has 1 aliphatic carbocycles. The van der Waals surface area contributed by atoms with Crippen molar-refractivity contribution in [3.8, 4) is 0 Å². The molecule has 0 atom stereocenters. The highest BCUT2D eigenvalue weighted by atomic mass is 35.5. The summed E-state index contributed by atoms with van der Waals surface area (Å²) in [7, 11) is 1.60. The molecule has 2 N–H and O–H groups in total. The predicted octanol–water partition coefficient (Wildman–Crippen LogP) is 2.83. The van der Waals surface area contributed by atoms with Crippen molar-refractivity contribution >= 4 is 29.5 Å². The lowest BCUT2D eigenvalue weighted by molar-refractivity contribution is -0.131. The maximum absolute atomic E-state index is 12.4. The molecule has 1 aromatic rings. The summed E-state index contributed by atoms with van der Waals surface area (Å²) >= 11 is 6.37. The van der Waals surface area contributed by atoms with Crippen molar-refractivity contribution in [1.82, 2.24) is 20.4 Å². The second-order valence-corrected chi connectivity index (χ2v) is 6.92. The van der Waals surface area contributed by atoms with Gasteiger partial charge in [-0.25, -0.2) is 0 Å². The van der Waals surface area contributed by atoms with Gasteiger partial charge in [-0.3, -0.25) is 14.3 Å². The third-order valence-electron chi connectivity index (χ3n) is 4.72. The number of aromatic nitrogens is 2. The SMILES string of the molecule is CCCCn1nc(C)c(/C=C/C(=O)NC2(C(=O)NC)CCCC2)c1Cl. The zero-order valence-corrected chi connectivity index (χ0v) is 15.9. The van der Waals surface area contributed by atoms with E-state index in [9.17, 15) is 9.59 Å². The number of hydrogen-bond donors (Lipinski definition) is 2. The fraction of sp³-hybridized carbons (Fsp3) is 0.611. The minimum atomic E-state index is -0.791. The van der Waals surface area contributed by atoms with E-state index in [1.54, 1.807) is 17.8 Å². The molecular weight excluding hydrogens is 340 g/mol. The van der Waals surface area contributed by atoms with E-state index in [0.29, 0.717) is 18.0 Å². The summed E-state index contributed by atoms with van der Waals surface area (Å²) in [6.45, 7) is 4.74. The zero-order chi connectivity index (χ0) is 18.4. The maximum atomic E-state index is 12.4. The molecule has 1 heterocycles. The summed E-state index contributed by atoms with van der Waals surface area (Å²) in [4.78, 5) is 24.5. The topological polar surface area (TPSA) is 76.0 Å². The van der Waals surface area contributed by atoms with Crippen LogP contribution in [0.5, 0.6) is 0 Å². The average molecular weight is 367 g/mol. The van der Waals surface area contributed by atoms with E-state index in [2.05, 4.69) is 22.7 Å². The highest BCUT2D eigenvalue weighted by Crippen LogP contribution is 2.30. The average Bonchev–Trinajstić information content (AvgIpc) is 3.16. The highest BCUT2D eigenvalue weighted by molar-refractivity contribution is 6.31. The third kappa shape index (κ3) is 4.42. The van der Waals surface area contributed by atoms with Gasteiger partial charge in [-0.1, -0.05) is 37.8 Å². The number of carbonyl (C=O) groups is 2. The molecule has 0 unspecified atom stereocenters. The van der Waals surface area contributed by atoms with Crippen LogP contribution in [0, 0.1) is 6.92 Å². The van der Waals surface area contributed by atoms with Crippen LogP contribution in [-0.4, -0.2) is 34.2 Å². The highest BCUT2D eigenvalue weighted by Gasteiger charge is 2.41. The van der Waals surface area contributed by atoms with Crippen molar-refractivity contribution in [2.24, 2.45) is 0 Å². The molecule has 0 bridgehead atoms. The molecule has 6 nitrogen and oxygen atoms in total. The standard InChI is InChI=1S/C18H27ClN4O2/c1-4-5-12-23-16(19)14(13(2)22-23)8-9-15(24)21-18(17(25)20-3)10-6-7-11-18/h8-9H,4-7,10-12H2,1-3H3,(H,20,25)(H,21,24)/b9-8+. The molecule has 138 valence electrons. The Morgan fingerprint density at radius 2 is 2.04 bits per heavy atom. The molecule has 0 radical (unpaired) electrons. The zero-order valence-electron chi connectivity index (χ0n) is 15.2. The minimum Gasteiger partial charge on any atom is -0.357 e. The van der Waals surface area contributed by atoms with Crippen LogP contribution in [0.4, 0.5) is 0 Å². The molecule has 0 aromatic carbocycles. The molecule has 0 spiro atoms. The van der Waals surface area contributed by atoms with Crippen molar-refractivity contribution in [1.29, 1.82) is 0 Å². The number of aryl methyl sites for hydroxylation is 2. The first-order valence-corrected chi connectivity index (χ1v) is 9.26. The van der Waals surface area contributed by atoms with Gasteiger partial charge in [0.2, 0.25) is 11.8 Å². The number of hydrogen-bond acceptors (Lipinski definition) is 3. The van der Waals surface area contributed by atoms with Crippen molar-refractivity contribution in [3.05, 3.63) is 22.5 Å². The minimum absolute atomic E-state index is 0.131. The third-order valence-corrected chi connectivity index (χ3v) is 5.11. The Labute approximate surface area is 154 Å². The van der Waals surface area contributed by atoms with Gasteiger partial charge in [-0.15, -0.1) is 0 Å². The molecule has 0 saturated heterocycles. The van der Waals surface area contributed by atoms with E-state index in [1.165, 1.54) is 6.08 Å². The summed E-state index contributed by atoms with van der Waals surface area (Å²) in [6, 6.07) is 0. The molecule has 2 amide bonds. The van der Waals surface area contributed by atoms with Gasteiger partial charge in [-0.05, 0) is 32.3 Å². The Morgan fingerprint density at radius 1 is 1.36 bits per heavy atom. The number of rotatable bonds is 7. The van der Waals surface area contributed by atoms with Crippen LogP contribution in [0.15, 0.2) is 6.08 Å². The Bertz CT molecular complexity index is 660. The van der Waals surface area contributed by atoms with Crippen molar-refractivity contribution in [2.45, 2.75) is 64.5 Å². The van der Waals surface area contributed by atoms with E-state index in [0.717, 1.165) is 43.5 Å². The fourth-order valence-corrected chi connectivity index (χ4v) is 3.60. The molecule has 1 fully saturated rings. The number of carbonyl (C=O) groups excluding carboxylic acids is 2. The van der Waals surface area contributed by atoms with Gasteiger partial charge < -0.3 is 10.6 Å². The first-order chi connectivity index (χ1) is 11.9. The van der Waals surface area contributed by atoms with Gasteiger partial charge in [0.05, 0.1) is 5.69 Å². The Balaban J connectivity index is 2.10. The van der Waals surface area contributed by atoms with Gasteiger partial charge >= 0.3 is 0 Å². The van der Waals surface area contributed by atoms with Gasteiger partial charge in [-0.2, -0.15) is 5.10 Å². The summed E-state index contributed by atoms with van der Waals surface area (Å²) < 4.78 is 1.76. The number of halogens is 1. The monoisotopic (exact) mass is 366 g/mol. The van der Waals surface area contributed by atoms with Gasteiger partial charge in [0, 0.05) is 25.2 Å². The summed E-state index contributed by atoms with van der Waals surface area (Å²) in [5.41, 5.74) is 0.737. The Morgan fingerprint density at radius 3 is 2.64 bits per heavy atom. The lowest BCUT2D eigenvalue weighted by Gasteiger charge is -2.27. The van der Waals surface area contributed by atoms with Crippen LogP contribution in [-0.2, 0) is 16.1 Å². The maximum Gasteiger partial charge on any atom is 0.245 e. The second-order valence-electron chi connectivity index (χ2n) is 6.56. The molecule has 1 aromatic heterocycles. The molecule has 1 saturated carbocycles. The Hall–Kier alpha value is -1.82. The normalized spacial score (nSPS) is 16.3. The van der Waals surface area contributed by atoms with Crippen molar-refractivity contribution in [3.63, 3.8) is 0 Å². The first kappa shape index (κ1) is 19.5. The smallest absolute Gasteiger partial charge is 0.245 e. The number of amides is 2. The van der Waals surface area contributed by atoms with E-state index < -0.39 is 5.54 Å². The van der Waals surface area contributed by atoms with Crippen LogP contribution in [0.25, 0.3) is 6.08 Å². The molecule has 7 heteroatoms. The van der Waals surface area contributed by atoms with E-state index in [1.807, 2.05) is 6.92 Å². The van der Waals surface area contributed by atoms with E-state index in [4.69, 9.17) is 11.6 Å². The predicted molar refractivity (Wildman–Crippen MR) is 99.3 cm³/mol. The number of unbranched alkanes of at least 4 members (excludes halogenated alkanes) is 1. The quantitative estimate of drug-likeness (QED) is 0.728. The largest absolute Gasteiger partial charge is 0.357 e. The van der Waals surface area contributed by atoms with Crippen LogP contribution in [0.3, 0.4) is 0 Å². The van der Waals surface area contributed by atoms with Crippen LogP contribution in [0.2, 0.25) is 5.15 Å². The van der Waals surface area contributed by atoms with Crippen LogP contribution < -0.4 is 10.6 Å². The Kier molecular flexibility index (Phi) is 6.64. The van der Waals surface area contributed by atoms with E-state index in [-0.39, 0.29) is 11.8 Å². The lowest BCUT2D eigenvalue weighted by atomic mass is 9.96. The first-order valence-electron chi connectivity index (χ1n) is 8.89.